The highest BCUT2D eigenvalue weighted by Crippen LogP contribution is 2.03. The molecule has 0 heterocycles. The van der Waals surface area contributed by atoms with Crippen molar-refractivity contribution in [3.8, 4) is 0 Å². The number of benzene rings is 1. The molecule has 0 aromatic heterocycles. The Morgan fingerprint density at radius 1 is 1.27 bits per heavy atom. The summed E-state index contributed by atoms with van der Waals surface area (Å²) < 4.78 is 0. The average Bonchev–Trinajstić information content (AvgIpc) is 2.27. The van der Waals surface area contributed by atoms with Crippen LogP contribution >= 0.6 is 0 Å². The Labute approximate surface area is 88.0 Å². The Morgan fingerprint density at radius 3 is 2.53 bits per heavy atom. The third kappa shape index (κ3) is 4.08. The molecular formula is C11H12N2O2. The van der Waals surface area contributed by atoms with Crippen LogP contribution < -0.4 is 10.6 Å². The van der Waals surface area contributed by atoms with Crippen LogP contribution in [0.25, 0.3) is 0 Å². The molecule has 0 spiro atoms. The number of para-hydroxylation sites is 1. The molecule has 0 unspecified atom stereocenters. The van der Waals surface area contributed by atoms with Gasteiger partial charge in [0.15, 0.2) is 0 Å². The van der Waals surface area contributed by atoms with Crippen molar-refractivity contribution < 1.29 is 9.59 Å². The van der Waals surface area contributed by atoms with Gasteiger partial charge in [-0.1, -0.05) is 24.8 Å². The molecule has 0 fully saturated rings. The van der Waals surface area contributed by atoms with Gasteiger partial charge in [0, 0.05) is 5.69 Å². The number of rotatable bonds is 4. The molecule has 4 heteroatoms. The van der Waals surface area contributed by atoms with E-state index in [0.717, 1.165) is 6.08 Å². The SMILES string of the molecule is C=CC(=O)NCC(=O)Nc1ccccc1. The molecule has 1 aromatic rings. The van der Waals surface area contributed by atoms with Gasteiger partial charge in [0.05, 0.1) is 6.54 Å². The summed E-state index contributed by atoms with van der Waals surface area (Å²) in [6, 6.07) is 9.03. The van der Waals surface area contributed by atoms with Gasteiger partial charge in [-0.3, -0.25) is 9.59 Å². The second-order valence-electron chi connectivity index (χ2n) is 2.84. The summed E-state index contributed by atoms with van der Waals surface area (Å²) in [5.41, 5.74) is 0.704. The number of hydrogen-bond acceptors (Lipinski definition) is 2. The maximum Gasteiger partial charge on any atom is 0.243 e. The molecule has 0 saturated carbocycles. The molecule has 15 heavy (non-hydrogen) atoms. The monoisotopic (exact) mass is 204 g/mol. The van der Waals surface area contributed by atoms with E-state index in [1.54, 1.807) is 12.1 Å². The lowest BCUT2D eigenvalue weighted by molar-refractivity contribution is -0.121. The molecule has 1 aromatic carbocycles. The van der Waals surface area contributed by atoms with E-state index in [2.05, 4.69) is 17.2 Å². The molecule has 2 amide bonds. The van der Waals surface area contributed by atoms with Crippen LogP contribution in [0.3, 0.4) is 0 Å². The Kier molecular flexibility index (Phi) is 4.09. The topological polar surface area (TPSA) is 58.2 Å². The molecule has 0 aliphatic carbocycles. The summed E-state index contributed by atoms with van der Waals surface area (Å²) in [6.07, 6.45) is 1.12. The van der Waals surface area contributed by atoms with Crippen LogP contribution in [0.5, 0.6) is 0 Å². The molecule has 0 radical (unpaired) electrons. The highest BCUT2D eigenvalue weighted by atomic mass is 16.2. The fourth-order valence-corrected chi connectivity index (χ4v) is 0.966. The van der Waals surface area contributed by atoms with Gasteiger partial charge in [0.1, 0.15) is 0 Å². The van der Waals surface area contributed by atoms with Gasteiger partial charge in [-0.05, 0) is 18.2 Å². The Balaban J connectivity index is 2.37. The molecule has 2 N–H and O–H groups in total. The van der Waals surface area contributed by atoms with Gasteiger partial charge in [0.2, 0.25) is 11.8 Å². The molecule has 0 bridgehead atoms. The lowest BCUT2D eigenvalue weighted by Gasteiger charge is -2.04. The zero-order valence-corrected chi connectivity index (χ0v) is 8.19. The van der Waals surface area contributed by atoms with Crippen molar-refractivity contribution in [3.63, 3.8) is 0 Å². The van der Waals surface area contributed by atoms with Crippen molar-refractivity contribution in [2.45, 2.75) is 0 Å². The average molecular weight is 204 g/mol. The van der Waals surface area contributed by atoms with Gasteiger partial charge < -0.3 is 10.6 Å². The Bertz CT molecular complexity index is 360. The second-order valence-corrected chi connectivity index (χ2v) is 2.84. The minimum Gasteiger partial charge on any atom is -0.343 e. The van der Waals surface area contributed by atoms with Gasteiger partial charge in [0.25, 0.3) is 0 Å². The molecule has 78 valence electrons. The largest absolute Gasteiger partial charge is 0.343 e. The fraction of sp³-hybridized carbons (Fsp3) is 0.0909. The predicted molar refractivity (Wildman–Crippen MR) is 58.3 cm³/mol. The van der Waals surface area contributed by atoms with E-state index < -0.39 is 0 Å². The van der Waals surface area contributed by atoms with Crippen molar-refractivity contribution in [2.24, 2.45) is 0 Å². The van der Waals surface area contributed by atoms with Crippen molar-refractivity contribution >= 4 is 17.5 Å². The van der Waals surface area contributed by atoms with Crippen LogP contribution in [0.4, 0.5) is 5.69 Å². The van der Waals surface area contributed by atoms with E-state index in [-0.39, 0.29) is 18.4 Å². The Morgan fingerprint density at radius 2 is 1.93 bits per heavy atom. The number of amides is 2. The maximum atomic E-state index is 11.3. The number of anilines is 1. The first kappa shape index (κ1) is 11.0. The first-order valence-corrected chi connectivity index (χ1v) is 4.47. The highest BCUT2D eigenvalue weighted by Gasteiger charge is 2.02. The first-order chi connectivity index (χ1) is 7.22. The van der Waals surface area contributed by atoms with Crippen LogP contribution in [0.15, 0.2) is 43.0 Å². The normalized spacial score (nSPS) is 9.07. The standard InChI is InChI=1S/C11H12N2O2/c1-2-10(14)12-8-11(15)13-9-6-4-3-5-7-9/h2-7H,1,8H2,(H,12,14)(H,13,15). The van der Waals surface area contributed by atoms with Crippen molar-refractivity contribution in [1.29, 1.82) is 0 Å². The highest BCUT2D eigenvalue weighted by molar-refractivity contribution is 5.96. The molecule has 4 nitrogen and oxygen atoms in total. The summed E-state index contributed by atoms with van der Waals surface area (Å²) in [6.45, 7) is 3.22. The summed E-state index contributed by atoms with van der Waals surface area (Å²) in [5, 5.41) is 5.02. The number of carbonyl (C=O) groups excluding carboxylic acids is 2. The molecular weight excluding hydrogens is 192 g/mol. The lowest BCUT2D eigenvalue weighted by atomic mass is 10.3. The summed E-state index contributed by atoms with van der Waals surface area (Å²) in [7, 11) is 0. The van der Waals surface area contributed by atoms with E-state index >= 15 is 0 Å². The van der Waals surface area contributed by atoms with E-state index in [9.17, 15) is 9.59 Å². The zero-order valence-electron chi connectivity index (χ0n) is 8.19. The van der Waals surface area contributed by atoms with Gasteiger partial charge >= 0.3 is 0 Å². The lowest BCUT2D eigenvalue weighted by Crippen LogP contribution is -2.31. The third-order valence-electron chi connectivity index (χ3n) is 1.67. The molecule has 1 rings (SSSR count). The van der Waals surface area contributed by atoms with E-state index in [1.807, 2.05) is 18.2 Å². The summed E-state index contributed by atoms with van der Waals surface area (Å²) in [5.74, 6) is -0.630. The number of hydrogen-bond donors (Lipinski definition) is 2. The van der Waals surface area contributed by atoms with Crippen molar-refractivity contribution in [2.75, 3.05) is 11.9 Å². The van der Waals surface area contributed by atoms with E-state index in [1.165, 1.54) is 0 Å². The quantitative estimate of drug-likeness (QED) is 0.717. The van der Waals surface area contributed by atoms with E-state index in [4.69, 9.17) is 0 Å². The van der Waals surface area contributed by atoms with E-state index in [0.29, 0.717) is 5.69 Å². The smallest absolute Gasteiger partial charge is 0.243 e. The van der Waals surface area contributed by atoms with Gasteiger partial charge in [-0.2, -0.15) is 0 Å². The van der Waals surface area contributed by atoms with Crippen LogP contribution in [0.2, 0.25) is 0 Å². The summed E-state index contributed by atoms with van der Waals surface area (Å²) >= 11 is 0. The molecule has 0 aliphatic heterocycles. The number of nitrogens with one attached hydrogen (secondary N) is 2. The zero-order chi connectivity index (χ0) is 11.1. The third-order valence-corrected chi connectivity index (χ3v) is 1.67. The maximum absolute atomic E-state index is 11.3. The molecule has 0 saturated heterocycles. The minimum absolute atomic E-state index is 0.0558. The van der Waals surface area contributed by atoms with Crippen LogP contribution in [0.1, 0.15) is 0 Å². The van der Waals surface area contributed by atoms with Crippen LogP contribution in [-0.4, -0.2) is 18.4 Å². The predicted octanol–water partition coefficient (Wildman–Crippen LogP) is 0.927. The van der Waals surface area contributed by atoms with Crippen LogP contribution in [-0.2, 0) is 9.59 Å². The van der Waals surface area contributed by atoms with Gasteiger partial charge in [-0.25, -0.2) is 0 Å². The Hall–Kier alpha value is -2.10. The number of carbonyl (C=O) groups is 2. The second kappa shape index (κ2) is 5.59. The molecule has 0 aliphatic rings. The van der Waals surface area contributed by atoms with Crippen molar-refractivity contribution in [1.82, 2.24) is 5.32 Å². The van der Waals surface area contributed by atoms with Gasteiger partial charge in [-0.15, -0.1) is 0 Å². The van der Waals surface area contributed by atoms with Crippen molar-refractivity contribution in [3.05, 3.63) is 43.0 Å². The first-order valence-electron chi connectivity index (χ1n) is 4.47. The summed E-state index contributed by atoms with van der Waals surface area (Å²) in [4.78, 5) is 22.0. The van der Waals surface area contributed by atoms with Crippen LogP contribution in [0, 0.1) is 0 Å². The fourth-order valence-electron chi connectivity index (χ4n) is 0.966. The molecule has 0 atom stereocenters. The minimum atomic E-state index is -0.363.